The zero-order valence-electron chi connectivity index (χ0n) is 16.9. The normalized spacial score (nSPS) is 17.9. The van der Waals surface area contributed by atoms with Crippen LogP contribution in [0.15, 0.2) is 30.1 Å². The molecule has 2 aliphatic heterocycles. The lowest BCUT2D eigenvalue weighted by atomic mass is 9.98. The number of hydrogen-bond donors (Lipinski definition) is 0. The fourth-order valence-corrected chi connectivity index (χ4v) is 3.81. The molecule has 1 saturated heterocycles. The number of nitrogens with zero attached hydrogens (tertiary/aromatic N) is 3. The van der Waals surface area contributed by atoms with Gasteiger partial charge in [-0.1, -0.05) is 0 Å². The molecule has 152 valence electrons. The molecule has 0 unspecified atom stereocenters. The molecule has 4 rings (SSSR count). The van der Waals surface area contributed by atoms with Crippen molar-refractivity contribution in [2.24, 2.45) is 0 Å². The molecule has 1 aromatic heterocycles. The molecule has 0 atom stereocenters. The summed E-state index contributed by atoms with van der Waals surface area (Å²) < 4.78 is 20.8. The fraction of sp³-hybridized carbons (Fsp3) is 0.409. The Morgan fingerprint density at radius 3 is 2.79 bits per heavy atom. The van der Waals surface area contributed by atoms with Crippen LogP contribution in [0, 0.1) is 5.82 Å². The summed E-state index contributed by atoms with van der Waals surface area (Å²) in [6.45, 7) is 5.68. The van der Waals surface area contributed by atoms with Crippen LogP contribution in [0.5, 0.6) is 0 Å². The van der Waals surface area contributed by atoms with Gasteiger partial charge >= 0.3 is 6.09 Å². The van der Waals surface area contributed by atoms with Gasteiger partial charge in [-0.2, -0.15) is 0 Å². The van der Waals surface area contributed by atoms with Gasteiger partial charge in [-0.3, -0.25) is 4.79 Å². The number of aryl methyl sites for hydroxylation is 1. The van der Waals surface area contributed by atoms with Gasteiger partial charge in [-0.15, -0.1) is 0 Å². The number of rotatable bonds is 1. The van der Waals surface area contributed by atoms with Crippen molar-refractivity contribution < 1.29 is 18.7 Å². The molecule has 2 aromatic rings. The summed E-state index contributed by atoms with van der Waals surface area (Å²) in [6.07, 6.45) is 5.57. The molecule has 0 spiro atoms. The van der Waals surface area contributed by atoms with Crippen LogP contribution in [0.4, 0.5) is 9.18 Å². The largest absolute Gasteiger partial charge is 0.443 e. The van der Waals surface area contributed by atoms with Crippen molar-refractivity contribution in [1.82, 2.24) is 14.5 Å². The molecular weight excluding hydrogens is 373 g/mol. The summed E-state index contributed by atoms with van der Waals surface area (Å²) in [5, 5.41) is 0. The van der Waals surface area contributed by atoms with Crippen molar-refractivity contribution in [3.05, 3.63) is 52.9 Å². The molecule has 3 heterocycles. The first-order chi connectivity index (χ1) is 13.7. The molecule has 6 nitrogen and oxygen atoms in total. The van der Waals surface area contributed by atoms with Gasteiger partial charge in [0, 0.05) is 12.1 Å². The van der Waals surface area contributed by atoms with Gasteiger partial charge in [0.2, 0.25) is 0 Å². The molecule has 2 amide bonds. The van der Waals surface area contributed by atoms with Crippen molar-refractivity contribution in [2.45, 2.75) is 52.1 Å². The van der Waals surface area contributed by atoms with E-state index in [0.29, 0.717) is 37.8 Å². The number of fused-ring (bicyclic) bond motifs is 3. The maximum Gasteiger partial charge on any atom is 0.417 e. The Morgan fingerprint density at radius 2 is 2.03 bits per heavy atom. The minimum Gasteiger partial charge on any atom is -0.443 e. The van der Waals surface area contributed by atoms with E-state index < -0.39 is 11.7 Å². The van der Waals surface area contributed by atoms with E-state index >= 15 is 0 Å². The number of carbonyl (C=O) groups excluding carboxylic acids is 2. The molecule has 29 heavy (non-hydrogen) atoms. The quantitative estimate of drug-likeness (QED) is 0.681. The third-order valence-electron chi connectivity index (χ3n) is 5.10. The smallest absolute Gasteiger partial charge is 0.417 e. The van der Waals surface area contributed by atoms with Crippen LogP contribution >= 0.6 is 0 Å². The van der Waals surface area contributed by atoms with Crippen molar-refractivity contribution in [3.8, 4) is 5.69 Å². The van der Waals surface area contributed by atoms with E-state index in [1.54, 1.807) is 45.3 Å². The number of aromatic nitrogens is 2. The number of ether oxygens (including phenoxy) is 1. The predicted octanol–water partition coefficient (Wildman–Crippen LogP) is 4.05. The molecular formula is C22H24FN3O3. The molecule has 0 saturated carbocycles. The number of imide groups is 1. The number of benzene rings is 1. The first kappa shape index (κ1) is 19.4. The maximum absolute atomic E-state index is 13.5. The molecule has 0 radical (unpaired) electrons. The molecule has 1 fully saturated rings. The van der Waals surface area contributed by atoms with Crippen LogP contribution in [-0.4, -0.2) is 38.6 Å². The van der Waals surface area contributed by atoms with Crippen molar-refractivity contribution in [3.63, 3.8) is 0 Å². The molecule has 0 N–H and O–H groups in total. The molecule has 2 aliphatic rings. The highest BCUT2D eigenvalue weighted by molar-refractivity contribution is 6.05. The lowest BCUT2D eigenvalue weighted by molar-refractivity contribution is -0.127. The highest BCUT2D eigenvalue weighted by Crippen LogP contribution is 2.29. The van der Waals surface area contributed by atoms with Crippen LogP contribution in [0.3, 0.4) is 0 Å². The minimum atomic E-state index is -0.658. The number of piperidine rings is 1. The highest BCUT2D eigenvalue weighted by atomic mass is 19.1. The first-order valence-corrected chi connectivity index (χ1v) is 9.83. The van der Waals surface area contributed by atoms with Crippen molar-refractivity contribution in [2.75, 3.05) is 6.54 Å². The van der Waals surface area contributed by atoms with Crippen molar-refractivity contribution in [1.29, 1.82) is 0 Å². The number of imidazole rings is 1. The Labute approximate surface area is 169 Å². The van der Waals surface area contributed by atoms with Gasteiger partial charge in [0.15, 0.2) is 0 Å². The number of carbonyl (C=O) groups is 2. The fourth-order valence-electron chi connectivity index (χ4n) is 3.81. The third-order valence-corrected chi connectivity index (χ3v) is 5.10. The third kappa shape index (κ3) is 3.81. The zero-order valence-corrected chi connectivity index (χ0v) is 16.9. The van der Waals surface area contributed by atoms with E-state index in [1.165, 1.54) is 11.0 Å². The number of likely N-dealkylation sites (tertiary alicyclic amines) is 1. The number of amides is 2. The van der Waals surface area contributed by atoms with Gasteiger partial charge < -0.3 is 9.30 Å². The highest BCUT2D eigenvalue weighted by Gasteiger charge is 2.32. The van der Waals surface area contributed by atoms with E-state index in [0.717, 1.165) is 22.6 Å². The van der Waals surface area contributed by atoms with Crippen LogP contribution in [0.2, 0.25) is 0 Å². The van der Waals surface area contributed by atoms with E-state index in [2.05, 4.69) is 4.98 Å². The van der Waals surface area contributed by atoms with E-state index in [-0.39, 0.29) is 11.7 Å². The summed E-state index contributed by atoms with van der Waals surface area (Å²) in [5.41, 5.74) is 3.45. The minimum absolute atomic E-state index is 0.246. The first-order valence-electron chi connectivity index (χ1n) is 9.83. The van der Waals surface area contributed by atoms with Crippen LogP contribution in [-0.2, 0) is 22.4 Å². The summed E-state index contributed by atoms with van der Waals surface area (Å²) in [4.78, 5) is 30.9. The van der Waals surface area contributed by atoms with Gasteiger partial charge in [0.25, 0.3) is 5.91 Å². The van der Waals surface area contributed by atoms with E-state index in [9.17, 15) is 14.0 Å². The lowest BCUT2D eigenvalue weighted by Gasteiger charge is -2.29. The lowest BCUT2D eigenvalue weighted by Crippen LogP contribution is -2.44. The maximum atomic E-state index is 13.5. The second-order valence-corrected chi connectivity index (χ2v) is 8.43. The Hall–Kier alpha value is -2.96. The topological polar surface area (TPSA) is 64.4 Å². The Bertz CT molecular complexity index is 1020. The number of hydrogen-bond acceptors (Lipinski definition) is 4. The Balaban J connectivity index is 1.61. The predicted molar refractivity (Wildman–Crippen MR) is 106 cm³/mol. The number of halogens is 1. The molecule has 7 heteroatoms. The van der Waals surface area contributed by atoms with Gasteiger partial charge in [0.1, 0.15) is 17.7 Å². The second kappa shape index (κ2) is 7.13. The van der Waals surface area contributed by atoms with Gasteiger partial charge in [-0.25, -0.2) is 19.1 Å². The van der Waals surface area contributed by atoms with Crippen LogP contribution in [0.25, 0.3) is 11.8 Å². The average Bonchev–Trinajstić information content (AvgIpc) is 3.04. The monoisotopic (exact) mass is 397 g/mol. The summed E-state index contributed by atoms with van der Waals surface area (Å²) in [7, 11) is 0. The van der Waals surface area contributed by atoms with Crippen molar-refractivity contribution >= 4 is 18.1 Å². The SMILES string of the molecule is CC(C)(C)OC(=O)N1CCC/C(=C\c2ncn3c2CCc2cc(F)ccc2-3)C1=O. The molecule has 1 aromatic carbocycles. The standard InChI is InChI=1S/C22H24FN3O3/c1-22(2,3)29-21(28)25-10-4-5-15(20(25)27)12-17-19-8-6-14-11-16(23)7-9-18(14)26(19)13-24-17/h7,9,11-13H,4-6,8,10H2,1-3H3/b15-12+. The second-order valence-electron chi connectivity index (χ2n) is 8.43. The van der Waals surface area contributed by atoms with E-state index in [1.807, 2.05) is 4.57 Å². The van der Waals surface area contributed by atoms with E-state index in [4.69, 9.17) is 4.74 Å². The Kier molecular flexibility index (Phi) is 4.76. The summed E-state index contributed by atoms with van der Waals surface area (Å²) >= 11 is 0. The summed E-state index contributed by atoms with van der Waals surface area (Å²) in [6, 6.07) is 4.75. The summed E-state index contributed by atoms with van der Waals surface area (Å²) in [5.74, 6) is -0.574. The van der Waals surface area contributed by atoms with Gasteiger partial charge in [0.05, 0.1) is 17.1 Å². The van der Waals surface area contributed by atoms with Gasteiger partial charge in [-0.05, 0) is 76.3 Å². The average molecular weight is 397 g/mol. The Morgan fingerprint density at radius 1 is 1.24 bits per heavy atom. The zero-order chi connectivity index (χ0) is 20.8. The molecule has 0 aliphatic carbocycles. The van der Waals surface area contributed by atoms with Crippen LogP contribution in [0.1, 0.15) is 50.6 Å². The van der Waals surface area contributed by atoms with Crippen LogP contribution < -0.4 is 0 Å². The molecule has 0 bridgehead atoms.